The third kappa shape index (κ3) is 7.17. The summed E-state index contributed by atoms with van der Waals surface area (Å²) in [6.07, 6.45) is 9.12. The van der Waals surface area contributed by atoms with Crippen molar-refractivity contribution in [1.29, 1.82) is 0 Å². The zero-order valence-corrected chi connectivity index (χ0v) is 15.9. The maximum atomic E-state index is 6.12. The van der Waals surface area contributed by atoms with Gasteiger partial charge in [-0.2, -0.15) is 0 Å². The molecule has 2 heterocycles. The number of likely N-dealkylation sites (tertiary alicyclic amines) is 2. The van der Waals surface area contributed by atoms with Crippen LogP contribution >= 0.6 is 24.0 Å². The lowest BCUT2D eigenvalue weighted by atomic mass is 10.0. The fraction of sp³-hybridized carbons (Fsp3) is 0.938. The van der Waals surface area contributed by atoms with Crippen molar-refractivity contribution >= 4 is 29.9 Å². The van der Waals surface area contributed by atoms with Gasteiger partial charge in [0.1, 0.15) is 0 Å². The van der Waals surface area contributed by atoms with Crippen molar-refractivity contribution in [3.05, 3.63) is 0 Å². The number of halogens is 1. The van der Waals surface area contributed by atoms with E-state index in [9.17, 15) is 0 Å². The molecule has 2 aliphatic rings. The highest BCUT2D eigenvalue weighted by Gasteiger charge is 2.15. The molecule has 0 spiro atoms. The van der Waals surface area contributed by atoms with Crippen LogP contribution in [-0.2, 0) is 0 Å². The lowest BCUT2D eigenvalue weighted by Crippen LogP contribution is -2.38. The fourth-order valence-corrected chi connectivity index (χ4v) is 3.38. The molecule has 0 radical (unpaired) electrons. The smallest absolute Gasteiger partial charge is 0.191 e. The summed E-state index contributed by atoms with van der Waals surface area (Å²) >= 11 is 0. The van der Waals surface area contributed by atoms with Crippen molar-refractivity contribution in [3.63, 3.8) is 0 Å². The van der Waals surface area contributed by atoms with Gasteiger partial charge in [-0.25, -0.2) is 0 Å². The van der Waals surface area contributed by atoms with Crippen LogP contribution in [0, 0.1) is 5.92 Å². The van der Waals surface area contributed by atoms with E-state index in [-0.39, 0.29) is 24.0 Å². The van der Waals surface area contributed by atoms with Crippen LogP contribution < -0.4 is 5.73 Å². The predicted molar refractivity (Wildman–Crippen MR) is 101 cm³/mol. The van der Waals surface area contributed by atoms with Crippen LogP contribution in [0.15, 0.2) is 4.99 Å². The first-order chi connectivity index (χ1) is 9.75. The normalized spacial score (nSPS) is 25.3. The third-order valence-corrected chi connectivity index (χ3v) is 4.58. The molecule has 0 bridgehead atoms. The van der Waals surface area contributed by atoms with Crippen molar-refractivity contribution in [1.82, 2.24) is 9.80 Å². The molecule has 1 unspecified atom stereocenters. The molecule has 2 N–H and O–H groups in total. The molecular weight excluding hydrogens is 375 g/mol. The van der Waals surface area contributed by atoms with Gasteiger partial charge in [-0.05, 0) is 51.1 Å². The predicted octanol–water partition coefficient (Wildman–Crippen LogP) is 2.92. The number of rotatable bonds is 4. The number of guanidine groups is 1. The van der Waals surface area contributed by atoms with Gasteiger partial charge >= 0.3 is 0 Å². The molecule has 2 rings (SSSR count). The fourth-order valence-electron chi connectivity index (χ4n) is 3.38. The van der Waals surface area contributed by atoms with Gasteiger partial charge in [0.15, 0.2) is 5.96 Å². The second kappa shape index (κ2) is 10.6. The highest BCUT2D eigenvalue weighted by atomic mass is 127. The number of nitrogens with zero attached hydrogens (tertiary/aromatic N) is 3. The van der Waals surface area contributed by atoms with Crippen LogP contribution in [0.3, 0.4) is 0 Å². The summed E-state index contributed by atoms with van der Waals surface area (Å²) in [5.74, 6) is 1.65. The number of nitrogens with two attached hydrogens (primary N) is 1. The molecule has 0 amide bonds. The Kier molecular flexibility index (Phi) is 9.64. The van der Waals surface area contributed by atoms with Crippen LogP contribution in [-0.4, -0.2) is 55.0 Å². The Morgan fingerprint density at radius 2 is 1.81 bits per heavy atom. The topological polar surface area (TPSA) is 44.9 Å². The van der Waals surface area contributed by atoms with Gasteiger partial charge in [0.05, 0.1) is 0 Å². The van der Waals surface area contributed by atoms with Crippen LogP contribution in [0.1, 0.15) is 51.9 Å². The summed E-state index contributed by atoms with van der Waals surface area (Å²) in [7, 11) is 0. The van der Waals surface area contributed by atoms with Crippen molar-refractivity contribution < 1.29 is 0 Å². The number of hydrogen-bond donors (Lipinski definition) is 1. The Morgan fingerprint density at radius 3 is 2.48 bits per heavy atom. The minimum absolute atomic E-state index is 0. The summed E-state index contributed by atoms with van der Waals surface area (Å²) < 4.78 is 0. The Balaban J connectivity index is 0.00000220. The number of piperidine rings is 1. The molecule has 2 saturated heterocycles. The monoisotopic (exact) mass is 408 g/mol. The van der Waals surface area contributed by atoms with Crippen molar-refractivity contribution in [3.8, 4) is 0 Å². The van der Waals surface area contributed by atoms with E-state index in [2.05, 4.69) is 21.7 Å². The molecule has 0 aromatic rings. The lowest BCUT2D eigenvalue weighted by Gasteiger charge is -2.30. The van der Waals surface area contributed by atoms with E-state index in [1.54, 1.807) is 0 Å². The Morgan fingerprint density at radius 1 is 1.10 bits per heavy atom. The highest BCUT2D eigenvalue weighted by Crippen LogP contribution is 2.15. The Bertz CT molecular complexity index is 301. The molecule has 2 fully saturated rings. The van der Waals surface area contributed by atoms with Gasteiger partial charge in [0.25, 0.3) is 0 Å². The summed E-state index contributed by atoms with van der Waals surface area (Å²) in [5, 5.41) is 0. The van der Waals surface area contributed by atoms with Gasteiger partial charge in [-0.3, -0.25) is 4.99 Å². The maximum absolute atomic E-state index is 6.12. The van der Waals surface area contributed by atoms with E-state index in [0.717, 1.165) is 37.9 Å². The van der Waals surface area contributed by atoms with Crippen LogP contribution in [0.25, 0.3) is 0 Å². The minimum Gasteiger partial charge on any atom is -0.370 e. The second-order valence-electron chi connectivity index (χ2n) is 6.54. The van der Waals surface area contributed by atoms with Crippen LogP contribution in [0.4, 0.5) is 0 Å². The first-order valence-corrected chi connectivity index (χ1v) is 8.53. The zero-order chi connectivity index (χ0) is 14.2. The second-order valence-corrected chi connectivity index (χ2v) is 6.54. The van der Waals surface area contributed by atoms with E-state index < -0.39 is 0 Å². The molecule has 2 aliphatic heterocycles. The average Bonchev–Trinajstić information content (AvgIpc) is 2.72. The number of hydrogen-bond acceptors (Lipinski definition) is 2. The van der Waals surface area contributed by atoms with E-state index in [0.29, 0.717) is 0 Å². The van der Waals surface area contributed by atoms with Crippen molar-refractivity contribution in [2.75, 3.05) is 39.3 Å². The minimum atomic E-state index is 0. The van der Waals surface area contributed by atoms with E-state index in [1.165, 1.54) is 58.2 Å². The summed E-state index contributed by atoms with van der Waals surface area (Å²) in [5.41, 5.74) is 6.12. The average molecular weight is 408 g/mol. The van der Waals surface area contributed by atoms with Gasteiger partial charge in [-0.15, -0.1) is 24.0 Å². The van der Waals surface area contributed by atoms with E-state index in [1.807, 2.05) is 0 Å². The van der Waals surface area contributed by atoms with Gasteiger partial charge in [0, 0.05) is 26.2 Å². The Hall–Kier alpha value is -0.0400. The zero-order valence-electron chi connectivity index (χ0n) is 13.6. The van der Waals surface area contributed by atoms with Gasteiger partial charge in [-0.1, -0.05) is 19.8 Å². The molecule has 1 atom stereocenters. The van der Waals surface area contributed by atoms with E-state index >= 15 is 0 Å². The molecule has 0 aromatic heterocycles. The van der Waals surface area contributed by atoms with Gasteiger partial charge < -0.3 is 15.5 Å². The number of aliphatic imine (C=N–C) groups is 1. The summed E-state index contributed by atoms with van der Waals surface area (Å²) in [6, 6.07) is 0. The standard InChI is InChI=1S/C16H32N4.HI/c1-15-8-6-10-19(14-15)11-7-9-18-16(17)20-12-4-2-3-5-13-20;/h15H,2-14H2,1H3,(H2,17,18);1H. The lowest BCUT2D eigenvalue weighted by molar-refractivity contribution is 0.183. The Labute approximate surface area is 147 Å². The summed E-state index contributed by atoms with van der Waals surface area (Å²) in [4.78, 5) is 9.45. The van der Waals surface area contributed by atoms with Crippen molar-refractivity contribution in [2.24, 2.45) is 16.6 Å². The van der Waals surface area contributed by atoms with Gasteiger partial charge in [0.2, 0.25) is 0 Å². The van der Waals surface area contributed by atoms with Crippen LogP contribution in [0.5, 0.6) is 0 Å². The molecule has 5 heteroatoms. The third-order valence-electron chi connectivity index (χ3n) is 4.58. The first kappa shape index (κ1) is 19.0. The molecule has 124 valence electrons. The molecule has 21 heavy (non-hydrogen) atoms. The van der Waals surface area contributed by atoms with E-state index in [4.69, 9.17) is 5.73 Å². The van der Waals surface area contributed by atoms with Crippen molar-refractivity contribution in [2.45, 2.75) is 51.9 Å². The maximum Gasteiger partial charge on any atom is 0.191 e. The summed E-state index contributed by atoms with van der Waals surface area (Å²) in [6.45, 7) is 9.16. The molecule has 4 nitrogen and oxygen atoms in total. The molecule has 0 saturated carbocycles. The molecular formula is C16H33IN4. The SMILES string of the molecule is CC1CCCN(CCCN=C(N)N2CCCCCC2)C1.I. The molecule has 0 aliphatic carbocycles. The van der Waals surface area contributed by atoms with Crippen LogP contribution in [0.2, 0.25) is 0 Å². The highest BCUT2D eigenvalue weighted by molar-refractivity contribution is 14.0. The largest absolute Gasteiger partial charge is 0.370 e. The first-order valence-electron chi connectivity index (χ1n) is 8.53. The molecule has 0 aromatic carbocycles. The quantitative estimate of drug-likeness (QED) is 0.337.